The van der Waals surface area contributed by atoms with Gasteiger partial charge in [-0.2, -0.15) is 0 Å². The first-order valence-electron chi connectivity index (χ1n) is 9.93. The van der Waals surface area contributed by atoms with Gasteiger partial charge in [0, 0.05) is 17.3 Å². The zero-order valence-corrected chi connectivity index (χ0v) is 18.7. The zero-order chi connectivity index (χ0) is 22.5. The van der Waals surface area contributed by atoms with Gasteiger partial charge in [-0.05, 0) is 50.1 Å². The van der Waals surface area contributed by atoms with Gasteiger partial charge in [0.25, 0.3) is 5.91 Å². The Morgan fingerprint density at radius 1 is 1.10 bits per heavy atom. The zero-order valence-electron chi connectivity index (χ0n) is 18.0. The van der Waals surface area contributed by atoms with Crippen molar-refractivity contribution in [3.63, 3.8) is 0 Å². The molecule has 0 bridgehead atoms. The van der Waals surface area contributed by atoms with Gasteiger partial charge in [-0.15, -0.1) is 0 Å². The fraction of sp³-hybridized carbons (Fsp3) is 0.250. The van der Waals surface area contributed by atoms with Gasteiger partial charge in [0.15, 0.2) is 0 Å². The normalized spacial score (nSPS) is 10.6. The van der Waals surface area contributed by atoms with Crippen LogP contribution in [0.15, 0.2) is 48.5 Å². The summed E-state index contributed by atoms with van der Waals surface area (Å²) >= 11 is 6.09. The Bertz CT molecular complexity index is 1110. The van der Waals surface area contributed by atoms with E-state index in [1.54, 1.807) is 32.0 Å². The lowest BCUT2D eigenvalue weighted by atomic mass is 10.1. The molecule has 3 rings (SSSR count). The second-order valence-corrected chi connectivity index (χ2v) is 7.46. The number of carbonyl (C=O) groups excluding carboxylic acids is 2. The quantitative estimate of drug-likeness (QED) is 0.510. The first-order chi connectivity index (χ1) is 14.9. The van der Waals surface area contributed by atoms with Crippen molar-refractivity contribution in [1.29, 1.82) is 0 Å². The van der Waals surface area contributed by atoms with E-state index in [0.717, 1.165) is 5.56 Å². The summed E-state index contributed by atoms with van der Waals surface area (Å²) in [5.74, 6) is -0.325. The van der Waals surface area contributed by atoms with E-state index in [0.29, 0.717) is 45.5 Å². The van der Waals surface area contributed by atoms with Gasteiger partial charge in [-0.1, -0.05) is 41.9 Å². The van der Waals surface area contributed by atoms with E-state index in [4.69, 9.17) is 21.1 Å². The molecule has 31 heavy (non-hydrogen) atoms. The second kappa shape index (κ2) is 9.71. The van der Waals surface area contributed by atoms with Gasteiger partial charge in [-0.25, -0.2) is 4.79 Å². The lowest BCUT2D eigenvalue weighted by molar-refractivity contribution is 0.0513. The van der Waals surface area contributed by atoms with E-state index >= 15 is 0 Å². The molecule has 0 aliphatic rings. The van der Waals surface area contributed by atoms with Gasteiger partial charge in [0.1, 0.15) is 11.4 Å². The predicted molar refractivity (Wildman–Crippen MR) is 121 cm³/mol. The Labute approximate surface area is 186 Å². The minimum Gasteiger partial charge on any atom is -0.495 e. The molecule has 0 unspecified atom stereocenters. The Kier molecular flexibility index (Phi) is 7.02. The molecule has 1 N–H and O–H groups in total. The lowest BCUT2D eigenvalue weighted by Gasteiger charge is -2.12. The molecule has 1 aromatic heterocycles. The number of nitrogens with one attached hydrogen (secondary N) is 1. The van der Waals surface area contributed by atoms with E-state index in [9.17, 15) is 9.59 Å². The number of nitrogens with zero attached hydrogens (tertiary/aromatic N) is 1. The number of hydrogen-bond acceptors (Lipinski definition) is 4. The van der Waals surface area contributed by atoms with Gasteiger partial charge in [0.05, 0.1) is 25.0 Å². The summed E-state index contributed by atoms with van der Waals surface area (Å²) in [7, 11) is 1.52. The summed E-state index contributed by atoms with van der Waals surface area (Å²) in [4.78, 5) is 26.0. The van der Waals surface area contributed by atoms with Crippen LogP contribution in [0, 0.1) is 13.8 Å². The number of halogens is 1. The highest BCUT2D eigenvalue weighted by Gasteiger charge is 2.27. The Balaban J connectivity index is 2.06. The number of esters is 1. The van der Waals surface area contributed by atoms with Crippen LogP contribution in [-0.2, 0) is 11.3 Å². The molecule has 7 heteroatoms. The average molecular weight is 441 g/mol. The van der Waals surface area contributed by atoms with Crippen LogP contribution in [-0.4, -0.2) is 30.2 Å². The van der Waals surface area contributed by atoms with Crippen LogP contribution in [0.3, 0.4) is 0 Å². The summed E-state index contributed by atoms with van der Waals surface area (Å²) in [5, 5.41) is 3.33. The highest BCUT2D eigenvalue weighted by molar-refractivity contribution is 6.31. The molecule has 2 aromatic carbocycles. The van der Waals surface area contributed by atoms with Crippen molar-refractivity contribution in [2.24, 2.45) is 0 Å². The molecule has 0 aliphatic heterocycles. The number of hydrogen-bond donors (Lipinski definition) is 1. The molecule has 0 spiro atoms. The summed E-state index contributed by atoms with van der Waals surface area (Å²) in [5.41, 5.74) is 3.47. The number of carbonyl (C=O) groups is 2. The van der Waals surface area contributed by atoms with Gasteiger partial charge < -0.3 is 19.4 Å². The SMILES string of the molecule is CCOC(=O)c1c(C)c(C(=O)Nc2cc(Cl)ccc2OC)c(C)n1Cc1ccccc1. The Hall–Kier alpha value is -3.25. The number of methoxy groups -OCH3 is 1. The van der Waals surface area contributed by atoms with Crippen LogP contribution < -0.4 is 10.1 Å². The van der Waals surface area contributed by atoms with Crippen LogP contribution in [0.1, 0.15) is 44.6 Å². The standard InChI is InChI=1S/C24H25ClN2O4/c1-5-31-24(29)22-15(2)21(16(3)27(22)14-17-9-7-6-8-10-17)23(28)26-19-13-18(25)11-12-20(19)30-4/h6-13H,5,14H2,1-4H3,(H,26,28). The average Bonchev–Trinajstić information content (AvgIpc) is 2.98. The number of anilines is 1. The number of ether oxygens (including phenoxy) is 2. The molecule has 0 saturated heterocycles. The first-order valence-corrected chi connectivity index (χ1v) is 10.3. The minimum absolute atomic E-state index is 0.245. The topological polar surface area (TPSA) is 69.6 Å². The van der Waals surface area contributed by atoms with Crippen molar-refractivity contribution in [3.8, 4) is 5.75 Å². The second-order valence-electron chi connectivity index (χ2n) is 7.02. The number of benzene rings is 2. The first kappa shape index (κ1) is 22.4. The van der Waals surface area contributed by atoms with Crippen LogP contribution in [0.4, 0.5) is 5.69 Å². The third-order valence-corrected chi connectivity index (χ3v) is 5.29. The minimum atomic E-state index is -0.460. The number of aromatic nitrogens is 1. The molecular formula is C24H25ClN2O4. The van der Waals surface area contributed by atoms with Crippen LogP contribution in [0.25, 0.3) is 0 Å². The van der Waals surface area contributed by atoms with Crippen molar-refractivity contribution < 1.29 is 19.1 Å². The molecule has 1 heterocycles. The van der Waals surface area contributed by atoms with Crippen LogP contribution in [0.5, 0.6) is 5.75 Å². The fourth-order valence-electron chi connectivity index (χ4n) is 3.62. The Morgan fingerprint density at radius 3 is 2.45 bits per heavy atom. The molecule has 0 fully saturated rings. The van der Waals surface area contributed by atoms with Gasteiger partial charge >= 0.3 is 5.97 Å². The van der Waals surface area contributed by atoms with E-state index in [1.165, 1.54) is 7.11 Å². The third kappa shape index (κ3) is 4.75. The van der Waals surface area contributed by atoms with Crippen molar-refractivity contribution in [3.05, 3.63) is 81.6 Å². The molecule has 6 nitrogen and oxygen atoms in total. The molecule has 3 aromatic rings. The largest absolute Gasteiger partial charge is 0.495 e. The molecule has 1 amide bonds. The van der Waals surface area contributed by atoms with Crippen LogP contribution >= 0.6 is 11.6 Å². The molecule has 0 atom stereocenters. The van der Waals surface area contributed by atoms with Crippen molar-refractivity contribution >= 4 is 29.2 Å². The van der Waals surface area contributed by atoms with Crippen molar-refractivity contribution in [2.45, 2.75) is 27.3 Å². The molecule has 0 saturated carbocycles. The van der Waals surface area contributed by atoms with Gasteiger partial charge in [-0.3, -0.25) is 4.79 Å². The van der Waals surface area contributed by atoms with Crippen molar-refractivity contribution in [1.82, 2.24) is 4.57 Å². The van der Waals surface area contributed by atoms with Gasteiger partial charge in [0.2, 0.25) is 0 Å². The number of rotatable bonds is 7. The predicted octanol–water partition coefficient (Wildman–Crippen LogP) is 5.24. The Morgan fingerprint density at radius 2 is 1.81 bits per heavy atom. The summed E-state index contributed by atoms with van der Waals surface area (Å²) < 4.78 is 12.4. The summed E-state index contributed by atoms with van der Waals surface area (Å²) in [6.45, 7) is 6.02. The third-order valence-electron chi connectivity index (χ3n) is 5.06. The fourth-order valence-corrected chi connectivity index (χ4v) is 3.79. The maximum absolute atomic E-state index is 13.3. The highest BCUT2D eigenvalue weighted by atomic mass is 35.5. The monoisotopic (exact) mass is 440 g/mol. The molecular weight excluding hydrogens is 416 g/mol. The number of amides is 1. The maximum atomic E-state index is 13.3. The maximum Gasteiger partial charge on any atom is 0.355 e. The van der Waals surface area contributed by atoms with Crippen LogP contribution in [0.2, 0.25) is 5.02 Å². The molecule has 0 radical (unpaired) electrons. The van der Waals surface area contributed by atoms with E-state index in [2.05, 4.69) is 5.32 Å². The van der Waals surface area contributed by atoms with E-state index in [-0.39, 0.29) is 12.5 Å². The lowest BCUT2D eigenvalue weighted by Crippen LogP contribution is -2.15. The smallest absolute Gasteiger partial charge is 0.355 e. The molecule has 0 aliphatic carbocycles. The van der Waals surface area contributed by atoms with Crippen molar-refractivity contribution in [2.75, 3.05) is 19.0 Å². The summed E-state index contributed by atoms with van der Waals surface area (Å²) in [6.07, 6.45) is 0. The van der Waals surface area contributed by atoms with E-state index < -0.39 is 5.97 Å². The highest BCUT2D eigenvalue weighted by Crippen LogP contribution is 2.30. The summed E-state index contributed by atoms with van der Waals surface area (Å²) in [6, 6.07) is 14.7. The van der Waals surface area contributed by atoms with E-state index in [1.807, 2.05) is 41.8 Å². The molecule has 162 valence electrons.